The second-order valence-electron chi connectivity index (χ2n) is 4.61. The van der Waals surface area contributed by atoms with E-state index in [9.17, 15) is 28.8 Å². The third kappa shape index (κ3) is 10.1. The summed E-state index contributed by atoms with van der Waals surface area (Å²) >= 11 is 0. The van der Waals surface area contributed by atoms with Crippen molar-refractivity contribution in [3.05, 3.63) is 0 Å². The number of hydrogen-bond acceptors (Lipinski definition) is 7. The standard InChI is InChI=1S/C12H16N2O11/c15-7(16)3-1-5(13-11(21)22)9(19)25-10(20)6(14-12(23)24)2-4-8(17)18/h5-6,13-14H,1-4H2,(H,15,16)(H,17,18)(H,21,22)(H,23,24). The van der Waals surface area contributed by atoms with Gasteiger partial charge in [-0.15, -0.1) is 0 Å². The molecule has 0 saturated carbocycles. The fourth-order valence-electron chi connectivity index (χ4n) is 1.57. The Hall–Kier alpha value is -3.38. The van der Waals surface area contributed by atoms with Gasteiger partial charge < -0.3 is 35.8 Å². The van der Waals surface area contributed by atoms with E-state index in [0.29, 0.717) is 0 Å². The molecule has 140 valence electrons. The molecule has 0 aromatic rings. The summed E-state index contributed by atoms with van der Waals surface area (Å²) in [6, 6.07) is -3.36. The molecule has 0 aliphatic heterocycles. The van der Waals surface area contributed by atoms with Crippen molar-refractivity contribution in [2.75, 3.05) is 0 Å². The predicted octanol–water partition coefficient (Wildman–Crippen LogP) is -0.942. The molecule has 6 N–H and O–H groups in total. The minimum atomic E-state index is -1.68. The number of carbonyl (C=O) groups excluding carboxylic acids is 2. The zero-order chi connectivity index (χ0) is 19.6. The van der Waals surface area contributed by atoms with Crippen LogP contribution in [-0.2, 0) is 23.9 Å². The third-order valence-electron chi connectivity index (χ3n) is 2.66. The fraction of sp³-hybridized carbons (Fsp3) is 0.500. The predicted molar refractivity (Wildman–Crippen MR) is 74.7 cm³/mol. The van der Waals surface area contributed by atoms with Crippen molar-refractivity contribution in [1.82, 2.24) is 10.6 Å². The third-order valence-corrected chi connectivity index (χ3v) is 2.66. The van der Waals surface area contributed by atoms with Crippen LogP contribution in [0.25, 0.3) is 0 Å². The SMILES string of the molecule is O=C(O)CCC(NC(=O)O)C(=O)OC(=O)C(CCC(=O)O)NC(=O)O. The zero-order valence-electron chi connectivity index (χ0n) is 12.6. The lowest BCUT2D eigenvalue weighted by Crippen LogP contribution is -2.46. The molecule has 13 heteroatoms. The first-order chi connectivity index (χ1) is 11.5. The van der Waals surface area contributed by atoms with E-state index < -0.39 is 73.8 Å². The van der Waals surface area contributed by atoms with Gasteiger partial charge in [-0.1, -0.05) is 0 Å². The molecule has 0 saturated heterocycles. The van der Waals surface area contributed by atoms with Crippen molar-refractivity contribution in [3.8, 4) is 0 Å². The lowest BCUT2D eigenvalue weighted by Gasteiger charge is -2.17. The van der Waals surface area contributed by atoms with Gasteiger partial charge >= 0.3 is 36.1 Å². The molecule has 2 atom stereocenters. The first-order valence-corrected chi connectivity index (χ1v) is 6.71. The summed E-state index contributed by atoms with van der Waals surface area (Å²) in [5, 5.41) is 37.6. The molecule has 0 heterocycles. The normalized spacial score (nSPS) is 12.3. The largest absolute Gasteiger partial charge is 0.481 e. The molecule has 2 unspecified atom stereocenters. The quantitative estimate of drug-likeness (QED) is 0.205. The molecular weight excluding hydrogens is 348 g/mol. The van der Waals surface area contributed by atoms with E-state index in [0.717, 1.165) is 0 Å². The maximum Gasteiger partial charge on any atom is 0.405 e. The number of aliphatic carboxylic acids is 2. The molecular formula is C12H16N2O11. The van der Waals surface area contributed by atoms with Crippen LogP contribution in [0.1, 0.15) is 25.7 Å². The molecule has 0 radical (unpaired) electrons. The number of nitrogens with one attached hydrogen (secondary N) is 2. The average molecular weight is 364 g/mol. The molecule has 0 aliphatic rings. The Balaban J connectivity index is 4.96. The summed E-state index contributed by atoms with van der Waals surface area (Å²) in [6.07, 6.45) is -5.59. The highest BCUT2D eigenvalue weighted by molar-refractivity contribution is 5.93. The molecule has 25 heavy (non-hydrogen) atoms. The number of esters is 2. The molecule has 0 spiro atoms. The van der Waals surface area contributed by atoms with Gasteiger partial charge in [0.25, 0.3) is 0 Å². The summed E-state index contributed by atoms with van der Waals surface area (Å²) in [5.41, 5.74) is 0. The number of rotatable bonds is 10. The zero-order valence-corrected chi connectivity index (χ0v) is 12.6. The van der Waals surface area contributed by atoms with Crippen LogP contribution < -0.4 is 10.6 Å². The minimum Gasteiger partial charge on any atom is -0.481 e. The van der Waals surface area contributed by atoms with Crippen LogP contribution in [0.5, 0.6) is 0 Å². The van der Waals surface area contributed by atoms with Gasteiger partial charge in [0.1, 0.15) is 12.1 Å². The highest BCUT2D eigenvalue weighted by atomic mass is 16.6. The van der Waals surface area contributed by atoms with Gasteiger partial charge in [0.05, 0.1) is 0 Å². The Morgan fingerprint density at radius 3 is 1.24 bits per heavy atom. The molecule has 0 fully saturated rings. The number of carboxylic acids is 2. The smallest absolute Gasteiger partial charge is 0.405 e. The molecule has 0 aliphatic carbocycles. The fourth-order valence-corrected chi connectivity index (χ4v) is 1.57. The van der Waals surface area contributed by atoms with Crippen LogP contribution >= 0.6 is 0 Å². The number of amides is 2. The Labute approximate surface area is 139 Å². The number of hydrogen-bond donors (Lipinski definition) is 6. The van der Waals surface area contributed by atoms with Crippen molar-refractivity contribution < 1.29 is 53.9 Å². The van der Waals surface area contributed by atoms with Crippen LogP contribution in [0, 0.1) is 0 Å². The van der Waals surface area contributed by atoms with Gasteiger partial charge in [0, 0.05) is 12.8 Å². The van der Waals surface area contributed by atoms with Gasteiger partial charge in [-0.25, -0.2) is 19.2 Å². The van der Waals surface area contributed by atoms with E-state index in [4.69, 9.17) is 20.4 Å². The maximum atomic E-state index is 11.8. The van der Waals surface area contributed by atoms with E-state index in [1.54, 1.807) is 10.6 Å². The topological polar surface area (TPSA) is 217 Å². The molecule has 0 bridgehead atoms. The number of carboxylic acid groups (broad SMARTS) is 4. The summed E-state index contributed by atoms with van der Waals surface area (Å²) < 4.78 is 4.33. The second-order valence-corrected chi connectivity index (χ2v) is 4.61. The van der Waals surface area contributed by atoms with Crippen LogP contribution in [0.3, 0.4) is 0 Å². The van der Waals surface area contributed by atoms with Gasteiger partial charge in [-0.3, -0.25) is 9.59 Å². The van der Waals surface area contributed by atoms with E-state index in [1.807, 2.05) is 0 Å². The summed E-state index contributed by atoms with van der Waals surface area (Å²) in [6.45, 7) is 0. The summed E-state index contributed by atoms with van der Waals surface area (Å²) in [7, 11) is 0. The Morgan fingerprint density at radius 1 is 0.680 bits per heavy atom. The van der Waals surface area contributed by atoms with E-state index >= 15 is 0 Å². The first kappa shape index (κ1) is 21.6. The van der Waals surface area contributed by atoms with Crippen molar-refractivity contribution >= 4 is 36.1 Å². The Kier molecular flexibility index (Phi) is 9.00. The number of ether oxygens (including phenoxy) is 1. The molecule has 0 aromatic carbocycles. The van der Waals surface area contributed by atoms with Gasteiger partial charge in [0.15, 0.2) is 0 Å². The highest BCUT2D eigenvalue weighted by Crippen LogP contribution is 2.05. The summed E-state index contributed by atoms with van der Waals surface area (Å²) in [5.74, 6) is -5.55. The lowest BCUT2D eigenvalue weighted by molar-refractivity contribution is -0.162. The second kappa shape index (κ2) is 10.4. The van der Waals surface area contributed by atoms with Crippen molar-refractivity contribution in [2.24, 2.45) is 0 Å². The molecule has 0 rings (SSSR count). The van der Waals surface area contributed by atoms with E-state index in [1.165, 1.54) is 0 Å². The summed E-state index contributed by atoms with van der Waals surface area (Å²) in [4.78, 5) is 65.7. The van der Waals surface area contributed by atoms with Crippen molar-refractivity contribution in [1.29, 1.82) is 0 Å². The average Bonchev–Trinajstić information content (AvgIpc) is 2.46. The van der Waals surface area contributed by atoms with Gasteiger partial charge in [0.2, 0.25) is 0 Å². The van der Waals surface area contributed by atoms with Gasteiger partial charge in [-0.2, -0.15) is 0 Å². The van der Waals surface area contributed by atoms with Crippen LogP contribution in [0.4, 0.5) is 9.59 Å². The van der Waals surface area contributed by atoms with E-state index in [-0.39, 0.29) is 0 Å². The van der Waals surface area contributed by atoms with Gasteiger partial charge in [-0.05, 0) is 12.8 Å². The van der Waals surface area contributed by atoms with E-state index in [2.05, 4.69) is 4.74 Å². The van der Waals surface area contributed by atoms with Crippen LogP contribution in [0.2, 0.25) is 0 Å². The number of carbonyl (C=O) groups is 6. The molecule has 2 amide bonds. The minimum absolute atomic E-state index is 0.514. The highest BCUT2D eigenvalue weighted by Gasteiger charge is 2.30. The Bertz CT molecular complexity index is 511. The molecule has 0 aromatic heterocycles. The van der Waals surface area contributed by atoms with Crippen molar-refractivity contribution in [2.45, 2.75) is 37.8 Å². The Morgan fingerprint density at radius 2 is 1.00 bits per heavy atom. The maximum absolute atomic E-state index is 11.8. The lowest BCUT2D eigenvalue weighted by atomic mass is 10.1. The van der Waals surface area contributed by atoms with Crippen LogP contribution in [-0.4, -0.2) is 68.6 Å². The monoisotopic (exact) mass is 364 g/mol. The first-order valence-electron chi connectivity index (χ1n) is 6.71. The van der Waals surface area contributed by atoms with Crippen LogP contribution in [0.15, 0.2) is 0 Å². The molecule has 13 nitrogen and oxygen atoms in total. The van der Waals surface area contributed by atoms with Crippen molar-refractivity contribution in [3.63, 3.8) is 0 Å².